The number of aromatic nitrogens is 4. The average Bonchev–Trinajstić information content (AvgIpc) is 3.00. The summed E-state index contributed by atoms with van der Waals surface area (Å²) in [7, 11) is -1.60. The van der Waals surface area contributed by atoms with Crippen molar-refractivity contribution in [3.63, 3.8) is 0 Å². The number of aryl methyl sites for hydroxylation is 1. The van der Waals surface area contributed by atoms with Crippen LogP contribution in [0.4, 0.5) is 14.5 Å². The molecule has 4 aromatic rings. The third kappa shape index (κ3) is 3.72. The summed E-state index contributed by atoms with van der Waals surface area (Å²) in [6, 6.07) is 6.86. The lowest BCUT2D eigenvalue weighted by Crippen LogP contribution is -2.17. The van der Waals surface area contributed by atoms with Crippen LogP contribution < -0.4 is 15.1 Å². The van der Waals surface area contributed by atoms with Gasteiger partial charge in [0.2, 0.25) is 5.88 Å². The summed E-state index contributed by atoms with van der Waals surface area (Å²) in [5.41, 5.74) is 1.01. The molecule has 31 heavy (non-hydrogen) atoms. The first-order chi connectivity index (χ1) is 14.7. The van der Waals surface area contributed by atoms with Crippen molar-refractivity contribution in [1.29, 1.82) is 0 Å². The van der Waals surface area contributed by atoms with Crippen LogP contribution in [0.1, 0.15) is 0 Å². The Morgan fingerprint density at radius 1 is 1.10 bits per heavy atom. The van der Waals surface area contributed by atoms with E-state index in [1.165, 1.54) is 41.7 Å². The molecule has 0 fully saturated rings. The summed E-state index contributed by atoms with van der Waals surface area (Å²) < 4.78 is 62.3. The van der Waals surface area contributed by atoms with Gasteiger partial charge in [0.25, 0.3) is 10.0 Å². The van der Waals surface area contributed by atoms with Crippen molar-refractivity contribution < 1.29 is 21.9 Å². The second kappa shape index (κ2) is 7.47. The zero-order valence-corrected chi connectivity index (χ0v) is 17.0. The highest BCUT2D eigenvalue weighted by Gasteiger charge is 2.22. The minimum absolute atomic E-state index is 0.0607. The van der Waals surface area contributed by atoms with Crippen molar-refractivity contribution >= 4 is 21.4 Å². The first kappa shape index (κ1) is 20.5. The molecule has 0 atom stereocenters. The number of benzene rings is 1. The smallest absolute Gasteiger partial charge is 0.350 e. The largest absolute Gasteiger partial charge is 0.480 e. The fourth-order valence-corrected chi connectivity index (χ4v) is 4.10. The minimum Gasteiger partial charge on any atom is -0.480 e. The maximum Gasteiger partial charge on any atom is 0.350 e. The Balaban J connectivity index is 1.78. The maximum atomic E-state index is 14.0. The standard InChI is InChI=1S/C19H15F2N5O4S/c1-25-19(27)26-10-11(3-6-17(26)23-25)12-7-15(18(30-2)22-9-12)24-31(28,29)16-5-4-13(20)8-14(16)21/h3-10,24H,1-2H3. The van der Waals surface area contributed by atoms with Gasteiger partial charge in [-0.2, -0.15) is 5.10 Å². The van der Waals surface area contributed by atoms with Crippen LogP contribution in [0.25, 0.3) is 16.8 Å². The van der Waals surface area contributed by atoms with Crippen molar-refractivity contribution in [3.05, 3.63) is 70.9 Å². The number of hydrogen-bond acceptors (Lipinski definition) is 6. The number of ether oxygens (including phenoxy) is 1. The summed E-state index contributed by atoms with van der Waals surface area (Å²) in [5.74, 6) is -2.20. The van der Waals surface area contributed by atoms with Crippen LogP contribution in [0, 0.1) is 11.6 Å². The van der Waals surface area contributed by atoms with E-state index in [9.17, 15) is 22.0 Å². The Labute approximate surface area is 174 Å². The van der Waals surface area contributed by atoms with E-state index in [0.29, 0.717) is 22.8 Å². The third-order valence-corrected chi connectivity index (χ3v) is 5.87. The predicted octanol–water partition coefficient (Wildman–Crippen LogP) is 2.18. The number of hydrogen-bond donors (Lipinski definition) is 1. The molecule has 0 radical (unpaired) electrons. The van der Waals surface area contributed by atoms with Crippen LogP contribution in [-0.2, 0) is 17.1 Å². The number of rotatable bonds is 5. The number of nitrogens with one attached hydrogen (secondary N) is 1. The van der Waals surface area contributed by atoms with Crippen molar-refractivity contribution in [2.24, 2.45) is 7.05 Å². The zero-order chi connectivity index (χ0) is 22.3. The topological polar surface area (TPSA) is 108 Å². The second-order valence-electron chi connectivity index (χ2n) is 6.51. The van der Waals surface area contributed by atoms with E-state index >= 15 is 0 Å². The van der Waals surface area contributed by atoms with Gasteiger partial charge in [-0.1, -0.05) is 0 Å². The highest BCUT2D eigenvalue weighted by Crippen LogP contribution is 2.30. The van der Waals surface area contributed by atoms with Crippen LogP contribution in [0.3, 0.4) is 0 Å². The molecule has 3 aromatic heterocycles. The molecule has 1 N–H and O–H groups in total. The first-order valence-corrected chi connectivity index (χ1v) is 10.3. The molecule has 1 aromatic carbocycles. The maximum absolute atomic E-state index is 14.0. The average molecular weight is 447 g/mol. The molecule has 0 aliphatic heterocycles. The van der Waals surface area contributed by atoms with Crippen LogP contribution in [0.2, 0.25) is 0 Å². The van der Waals surface area contributed by atoms with Gasteiger partial charge in [0.1, 0.15) is 22.2 Å². The van der Waals surface area contributed by atoms with Gasteiger partial charge >= 0.3 is 5.69 Å². The van der Waals surface area contributed by atoms with Crippen LogP contribution in [-0.4, -0.2) is 34.7 Å². The summed E-state index contributed by atoms with van der Waals surface area (Å²) in [4.78, 5) is 15.5. The monoisotopic (exact) mass is 447 g/mol. The lowest BCUT2D eigenvalue weighted by Gasteiger charge is -2.13. The Hall–Kier alpha value is -3.80. The van der Waals surface area contributed by atoms with E-state index in [4.69, 9.17) is 4.74 Å². The van der Waals surface area contributed by atoms with Gasteiger partial charge < -0.3 is 4.74 Å². The fourth-order valence-electron chi connectivity index (χ4n) is 2.99. The SMILES string of the molecule is COc1ncc(-c2ccc3nn(C)c(=O)n3c2)cc1NS(=O)(=O)c1ccc(F)cc1F. The Morgan fingerprint density at radius 3 is 2.58 bits per heavy atom. The molecule has 0 bridgehead atoms. The fraction of sp³-hybridized carbons (Fsp3) is 0.105. The molecule has 9 nitrogen and oxygen atoms in total. The number of methoxy groups -OCH3 is 1. The van der Waals surface area contributed by atoms with Gasteiger partial charge in [-0.3, -0.25) is 4.72 Å². The Morgan fingerprint density at radius 2 is 1.87 bits per heavy atom. The van der Waals surface area contributed by atoms with Crippen molar-refractivity contribution in [1.82, 2.24) is 19.2 Å². The minimum atomic E-state index is -4.41. The van der Waals surface area contributed by atoms with Gasteiger partial charge in [-0.05, 0) is 30.3 Å². The van der Waals surface area contributed by atoms with Crippen LogP contribution >= 0.6 is 0 Å². The number of anilines is 1. The van der Waals surface area contributed by atoms with Crippen LogP contribution in [0.5, 0.6) is 5.88 Å². The molecule has 0 amide bonds. The Kier molecular flexibility index (Phi) is 4.93. The van der Waals surface area contributed by atoms with Gasteiger partial charge in [0, 0.05) is 36.6 Å². The second-order valence-corrected chi connectivity index (χ2v) is 8.16. The van der Waals surface area contributed by atoms with E-state index in [1.54, 1.807) is 12.1 Å². The molecule has 12 heteroatoms. The third-order valence-electron chi connectivity index (χ3n) is 4.47. The number of fused-ring (bicyclic) bond motifs is 1. The normalized spacial score (nSPS) is 11.6. The summed E-state index contributed by atoms with van der Waals surface area (Å²) in [6.07, 6.45) is 2.96. The van der Waals surface area contributed by atoms with E-state index in [0.717, 1.165) is 12.1 Å². The van der Waals surface area contributed by atoms with Gasteiger partial charge in [0.15, 0.2) is 5.65 Å². The van der Waals surface area contributed by atoms with E-state index in [1.807, 2.05) is 0 Å². The molecule has 0 spiro atoms. The molecular weight excluding hydrogens is 432 g/mol. The van der Waals surface area contributed by atoms with Gasteiger partial charge in [-0.15, -0.1) is 0 Å². The summed E-state index contributed by atoms with van der Waals surface area (Å²) >= 11 is 0. The molecule has 0 aliphatic carbocycles. The number of sulfonamides is 1. The van der Waals surface area contributed by atoms with Gasteiger partial charge in [-0.25, -0.2) is 36.1 Å². The molecule has 0 aliphatic rings. The first-order valence-electron chi connectivity index (χ1n) is 8.77. The molecule has 3 heterocycles. The van der Waals surface area contributed by atoms with Crippen molar-refractivity contribution in [2.45, 2.75) is 4.90 Å². The Bertz CT molecular complexity index is 1480. The van der Waals surface area contributed by atoms with E-state index in [-0.39, 0.29) is 17.3 Å². The van der Waals surface area contributed by atoms with E-state index in [2.05, 4.69) is 14.8 Å². The quantitative estimate of drug-likeness (QED) is 0.503. The molecule has 160 valence electrons. The summed E-state index contributed by atoms with van der Waals surface area (Å²) in [5, 5.41) is 4.07. The molecule has 0 saturated heterocycles. The number of halogens is 2. The zero-order valence-electron chi connectivity index (χ0n) is 16.2. The van der Waals surface area contributed by atoms with E-state index < -0.39 is 26.6 Å². The van der Waals surface area contributed by atoms with Crippen molar-refractivity contribution in [2.75, 3.05) is 11.8 Å². The van der Waals surface area contributed by atoms with Crippen molar-refractivity contribution in [3.8, 4) is 17.0 Å². The van der Waals surface area contributed by atoms with Gasteiger partial charge in [0.05, 0.1) is 7.11 Å². The highest BCUT2D eigenvalue weighted by atomic mass is 32.2. The number of nitrogens with zero attached hydrogens (tertiary/aromatic N) is 4. The lowest BCUT2D eigenvalue weighted by atomic mass is 10.1. The predicted molar refractivity (Wildman–Crippen MR) is 107 cm³/mol. The summed E-state index contributed by atoms with van der Waals surface area (Å²) in [6.45, 7) is 0. The lowest BCUT2D eigenvalue weighted by molar-refractivity contribution is 0.400. The highest BCUT2D eigenvalue weighted by molar-refractivity contribution is 7.92. The van der Waals surface area contributed by atoms with Crippen LogP contribution in [0.15, 0.2) is 58.5 Å². The number of pyridine rings is 2. The molecule has 4 rings (SSSR count). The molecule has 0 saturated carbocycles. The molecular formula is C19H15F2N5O4S. The molecule has 0 unspecified atom stereocenters.